The van der Waals surface area contributed by atoms with Crippen LogP contribution in [0, 0.1) is 5.41 Å². The topological polar surface area (TPSA) is 29.3 Å². The average molecular weight is 279 g/mol. The molecule has 106 valence electrons. The van der Waals surface area contributed by atoms with Gasteiger partial charge in [0.1, 0.15) is 0 Å². The Bertz CT molecular complexity index is 474. The second kappa shape index (κ2) is 6.53. The largest absolute Gasteiger partial charge is 0.316 e. The van der Waals surface area contributed by atoms with Gasteiger partial charge in [0.15, 0.2) is 4.96 Å². The smallest absolute Gasteiger partial charge is 0.193 e. The van der Waals surface area contributed by atoms with Crippen molar-refractivity contribution in [3.63, 3.8) is 0 Å². The molecule has 3 nitrogen and oxygen atoms in total. The number of imidazole rings is 1. The first-order valence-electron chi connectivity index (χ1n) is 7.28. The summed E-state index contributed by atoms with van der Waals surface area (Å²) in [6, 6.07) is 0. The molecule has 0 bridgehead atoms. The van der Waals surface area contributed by atoms with Crippen LogP contribution in [-0.2, 0) is 6.42 Å². The maximum absolute atomic E-state index is 4.72. The van der Waals surface area contributed by atoms with Crippen molar-refractivity contribution in [2.24, 2.45) is 5.41 Å². The summed E-state index contributed by atoms with van der Waals surface area (Å²) in [5.41, 5.74) is 1.54. The lowest BCUT2D eigenvalue weighted by atomic mass is 9.81. The maximum atomic E-state index is 4.72. The Balaban J connectivity index is 2.04. The van der Waals surface area contributed by atoms with Gasteiger partial charge in [-0.2, -0.15) is 0 Å². The molecule has 2 rings (SSSR count). The molecular weight excluding hydrogens is 254 g/mol. The molecule has 0 amide bonds. The van der Waals surface area contributed by atoms with Gasteiger partial charge in [0, 0.05) is 24.3 Å². The molecule has 0 saturated carbocycles. The molecule has 2 aromatic rings. The van der Waals surface area contributed by atoms with E-state index in [0.717, 1.165) is 24.5 Å². The van der Waals surface area contributed by atoms with Crippen molar-refractivity contribution in [2.45, 2.75) is 46.5 Å². The molecule has 1 N–H and O–H groups in total. The molecule has 2 heterocycles. The zero-order valence-corrected chi connectivity index (χ0v) is 13.1. The number of nitrogens with zero attached hydrogens (tertiary/aromatic N) is 2. The van der Waals surface area contributed by atoms with Crippen LogP contribution in [0.1, 0.15) is 45.7 Å². The van der Waals surface area contributed by atoms with E-state index in [9.17, 15) is 0 Å². The Kier molecular flexibility index (Phi) is 4.99. The summed E-state index contributed by atoms with van der Waals surface area (Å²) < 4.78 is 2.13. The SMILES string of the molecule is CCCNCC(C)(CCC)Cc1cn2ccsc2n1. The van der Waals surface area contributed by atoms with Crippen LogP contribution in [0.2, 0.25) is 0 Å². The fourth-order valence-electron chi connectivity index (χ4n) is 2.71. The van der Waals surface area contributed by atoms with Crippen molar-refractivity contribution < 1.29 is 0 Å². The summed E-state index contributed by atoms with van der Waals surface area (Å²) in [6.45, 7) is 9.06. The van der Waals surface area contributed by atoms with Crippen LogP contribution in [0.25, 0.3) is 4.96 Å². The summed E-state index contributed by atoms with van der Waals surface area (Å²) in [5, 5.41) is 5.66. The molecule has 0 fully saturated rings. The fourth-order valence-corrected chi connectivity index (χ4v) is 3.43. The summed E-state index contributed by atoms with van der Waals surface area (Å²) >= 11 is 1.71. The highest BCUT2D eigenvalue weighted by molar-refractivity contribution is 7.15. The van der Waals surface area contributed by atoms with Crippen molar-refractivity contribution in [2.75, 3.05) is 13.1 Å². The molecule has 0 aliphatic carbocycles. The molecule has 0 spiro atoms. The van der Waals surface area contributed by atoms with E-state index in [1.165, 1.54) is 25.0 Å². The molecular formula is C15H25N3S. The van der Waals surface area contributed by atoms with Gasteiger partial charge in [-0.15, -0.1) is 11.3 Å². The van der Waals surface area contributed by atoms with Crippen LogP contribution in [0.15, 0.2) is 17.8 Å². The number of rotatable bonds is 8. The van der Waals surface area contributed by atoms with E-state index in [0.29, 0.717) is 5.41 Å². The van der Waals surface area contributed by atoms with Crippen LogP contribution in [0.3, 0.4) is 0 Å². The number of nitrogens with one attached hydrogen (secondary N) is 1. The standard InChI is InChI=1S/C15H25N3S/c1-4-6-15(3,12-16-7-5-2)10-13-11-18-8-9-19-14(18)17-13/h8-9,11,16H,4-7,10,12H2,1-3H3. The predicted molar refractivity (Wildman–Crippen MR) is 82.9 cm³/mol. The lowest BCUT2D eigenvalue weighted by molar-refractivity contribution is 0.273. The van der Waals surface area contributed by atoms with Crippen molar-refractivity contribution >= 4 is 16.3 Å². The minimum atomic E-state index is 0.313. The molecule has 2 aromatic heterocycles. The molecule has 0 radical (unpaired) electrons. The second-order valence-electron chi connectivity index (χ2n) is 5.74. The molecule has 0 aliphatic rings. The molecule has 0 aromatic carbocycles. The summed E-state index contributed by atoms with van der Waals surface area (Å²) in [6.07, 6.45) is 9.00. The second-order valence-corrected chi connectivity index (χ2v) is 6.61. The van der Waals surface area contributed by atoms with Crippen molar-refractivity contribution in [1.29, 1.82) is 0 Å². The normalized spacial score (nSPS) is 14.9. The van der Waals surface area contributed by atoms with Crippen molar-refractivity contribution in [3.05, 3.63) is 23.5 Å². The van der Waals surface area contributed by atoms with E-state index < -0.39 is 0 Å². The number of hydrogen-bond acceptors (Lipinski definition) is 3. The lowest BCUT2D eigenvalue weighted by Crippen LogP contribution is -2.34. The third kappa shape index (κ3) is 3.80. The molecule has 0 saturated heterocycles. The average Bonchev–Trinajstić information content (AvgIpc) is 2.90. The number of hydrogen-bond donors (Lipinski definition) is 1. The predicted octanol–water partition coefficient (Wildman–Crippen LogP) is 3.74. The van der Waals surface area contributed by atoms with Crippen LogP contribution in [-0.4, -0.2) is 22.5 Å². The van der Waals surface area contributed by atoms with E-state index in [4.69, 9.17) is 4.98 Å². The minimum absolute atomic E-state index is 0.313. The van der Waals surface area contributed by atoms with Crippen LogP contribution in [0.4, 0.5) is 0 Å². The monoisotopic (exact) mass is 279 g/mol. The van der Waals surface area contributed by atoms with E-state index >= 15 is 0 Å². The van der Waals surface area contributed by atoms with Crippen LogP contribution < -0.4 is 5.32 Å². The molecule has 4 heteroatoms. The third-order valence-corrected chi connectivity index (χ3v) is 4.35. The highest BCUT2D eigenvalue weighted by Gasteiger charge is 2.24. The highest BCUT2D eigenvalue weighted by Crippen LogP contribution is 2.28. The first kappa shape index (κ1) is 14.5. The zero-order chi connectivity index (χ0) is 13.7. The van der Waals surface area contributed by atoms with Crippen molar-refractivity contribution in [3.8, 4) is 0 Å². The van der Waals surface area contributed by atoms with Crippen molar-refractivity contribution in [1.82, 2.24) is 14.7 Å². The Labute approximate surface area is 120 Å². The van der Waals surface area contributed by atoms with E-state index in [1.54, 1.807) is 11.3 Å². The molecule has 19 heavy (non-hydrogen) atoms. The molecule has 0 aliphatic heterocycles. The first-order chi connectivity index (χ1) is 9.17. The van der Waals surface area contributed by atoms with Gasteiger partial charge in [0.2, 0.25) is 0 Å². The van der Waals surface area contributed by atoms with Gasteiger partial charge in [0.05, 0.1) is 5.69 Å². The molecule has 1 atom stereocenters. The molecule has 1 unspecified atom stereocenters. The Hall–Kier alpha value is -0.870. The van der Waals surface area contributed by atoms with E-state index in [-0.39, 0.29) is 0 Å². The Morgan fingerprint density at radius 1 is 1.37 bits per heavy atom. The maximum Gasteiger partial charge on any atom is 0.193 e. The summed E-state index contributed by atoms with van der Waals surface area (Å²) in [7, 11) is 0. The van der Waals surface area contributed by atoms with Crippen LogP contribution >= 0.6 is 11.3 Å². The van der Waals surface area contributed by atoms with Gasteiger partial charge >= 0.3 is 0 Å². The Morgan fingerprint density at radius 2 is 2.21 bits per heavy atom. The van der Waals surface area contributed by atoms with Crippen LogP contribution in [0.5, 0.6) is 0 Å². The highest BCUT2D eigenvalue weighted by atomic mass is 32.1. The zero-order valence-electron chi connectivity index (χ0n) is 12.3. The summed E-state index contributed by atoms with van der Waals surface area (Å²) in [5.74, 6) is 0. The number of fused-ring (bicyclic) bond motifs is 1. The van der Waals surface area contributed by atoms with Gasteiger partial charge in [-0.1, -0.05) is 27.2 Å². The third-order valence-electron chi connectivity index (χ3n) is 3.58. The number of thiazole rings is 1. The van der Waals surface area contributed by atoms with E-state index in [1.807, 2.05) is 0 Å². The fraction of sp³-hybridized carbons (Fsp3) is 0.667. The van der Waals surface area contributed by atoms with Gasteiger partial charge < -0.3 is 5.32 Å². The summed E-state index contributed by atoms with van der Waals surface area (Å²) in [4.78, 5) is 5.83. The van der Waals surface area contributed by atoms with Gasteiger partial charge in [-0.3, -0.25) is 4.40 Å². The quantitative estimate of drug-likeness (QED) is 0.746. The number of aromatic nitrogens is 2. The van der Waals surface area contributed by atoms with Gasteiger partial charge in [0.25, 0.3) is 0 Å². The Morgan fingerprint density at radius 3 is 2.89 bits per heavy atom. The minimum Gasteiger partial charge on any atom is -0.316 e. The van der Waals surface area contributed by atoms with Gasteiger partial charge in [-0.25, -0.2) is 4.98 Å². The first-order valence-corrected chi connectivity index (χ1v) is 8.16. The lowest BCUT2D eigenvalue weighted by Gasteiger charge is -2.29. The van der Waals surface area contributed by atoms with Gasteiger partial charge in [-0.05, 0) is 31.2 Å². The van der Waals surface area contributed by atoms with E-state index in [2.05, 4.69) is 48.3 Å².